The molecule has 146 valence electrons. The summed E-state index contributed by atoms with van der Waals surface area (Å²) < 4.78 is 4.90. The van der Waals surface area contributed by atoms with Crippen molar-refractivity contribution in [1.29, 1.82) is 0 Å². The Morgan fingerprint density at radius 2 is 1.39 bits per heavy atom. The summed E-state index contributed by atoms with van der Waals surface area (Å²) in [5.74, 6) is -1.45. The smallest absolute Gasteiger partial charge is 0.306 e. The average Bonchev–Trinajstić information content (AvgIpc) is 2.66. The fourth-order valence-electron chi connectivity index (χ4n) is 2.35. The predicted octanol–water partition coefficient (Wildman–Crippen LogP) is 3.10. The van der Waals surface area contributed by atoms with Crippen LogP contribution in [0, 0.1) is 6.92 Å². The molecule has 0 radical (unpaired) electrons. The third kappa shape index (κ3) is 7.03. The number of carbonyl (C=O) groups excluding carboxylic acids is 4. The van der Waals surface area contributed by atoms with Crippen LogP contribution >= 0.6 is 0 Å². The first-order valence-corrected chi connectivity index (χ1v) is 8.76. The number of hydrogen-bond acceptors (Lipinski definition) is 5. The highest BCUT2D eigenvalue weighted by Crippen LogP contribution is 2.13. The van der Waals surface area contributed by atoms with Gasteiger partial charge in [-0.3, -0.25) is 19.2 Å². The van der Waals surface area contributed by atoms with Crippen molar-refractivity contribution in [1.82, 2.24) is 0 Å². The quantitative estimate of drug-likeness (QED) is 0.540. The second-order valence-corrected chi connectivity index (χ2v) is 6.26. The number of hydrogen-bond donors (Lipinski definition) is 2. The van der Waals surface area contributed by atoms with Crippen LogP contribution in [0.4, 0.5) is 11.4 Å². The first-order chi connectivity index (χ1) is 13.3. The average molecular weight is 382 g/mol. The lowest BCUT2D eigenvalue weighted by molar-refractivity contribution is -0.147. The lowest BCUT2D eigenvalue weighted by Crippen LogP contribution is -2.21. The van der Waals surface area contributed by atoms with Gasteiger partial charge in [0, 0.05) is 30.3 Å². The largest absolute Gasteiger partial charge is 0.456 e. The van der Waals surface area contributed by atoms with Crippen molar-refractivity contribution >= 4 is 34.9 Å². The summed E-state index contributed by atoms with van der Waals surface area (Å²) in [6.07, 6.45) is -0.0699. The zero-order valence-electron chi connectivity index (χ0n) is 15.8. The summed E-state index contributed by atoms with van der Waals surface area (Å²) in [5, 5.41) is 5.19. The van der Waals surface area contributed by atoms with Gasteiger partial charge in [-0.1, -0.05) is 29.8 Å². The molecule has 0 aliphatic heterocycles. The second-order valence-electron chi connectivity index (χ2n) is 6.26. The van der Waals surface area contributed by atoms with Gasteiger partial charge in [-0.25, -0.2) is 0 Å². The number of Topliss-reactive ketones (excluding diaryl/α,β-unsaturated/α-hetero) is 1. The van der Waals surface area contributed by atoms with Crippen LogP contribution in [0.2, 0.25) is 0 Å². The third-order valence-electron chi connectivity index (χ3n) is 3.78. The highest BCUT2D eigenvalue weighted by atomic mass is 16.5. The van der Waals surface area contributed by atoms with Gasteiger partial charge in [-0.15, -0.1) is 0 Å². The number of rotatable bonds is 8. The van der Waals surface area contributed by atoms with Crippen LogP contribution in [0.3, 0.4) is 0 Å². The lowest BCUT2D eigenvalue weighted by atomic mass is 10.1. The van der Waals surface area contributed by atoms with E-state index < -0.39 is 18.5 Å². The van der Waals surface area contributed by atoms with E-state index in [0.29, 0.717) is 16.9 Å². The van der Waals surface area contributed by atoms with Gasteiger partial charge in [0.2, 0.25) is 5.91 Å². The minimum absolute atomic E-state index is 0.0219. The van der Waals surface area contributed by atoms with E-state index in [2.05, 4.69) is 10.6 Å². The van der Waals surface area contributed by atoms with Crippen molar-refractivity contribution in [3.05, 3.63) is 59.7 Å². The van der Waals surface area contributed by atoms with Crippen LogP contribution in [0.15, 0.2) is 48.5 Å². The number of esters is 1. The number of aryl methyl sites for hydroxylation is 1. The molecular weight excluding hydrogens is 360 g/mol. The van der Waals surface area contributed by atoms with Crippen LogP contribution in [0.5, 0.6) is 0 Å². The van der Waals surface area contributed by atoms with E-state index in [1.807, 2.05) is 19.1 Å². The normalized spacial score (nSPS) is 10.1. The zero-order valence-corrected chi connectivity index (χ0v) is 15.8. The Hall–Kier alpha value is -3.48. The summed E-state index contributed by atoms with van der Waals surface area (Å²) in [7, 11) is 0. The molecule has 0 bridgehead atoms. The number of benzene rings is 2. The standard InChI is InChI=1S/C21H22N2O5/c1-14-3-5-16(6-4-14)19(25)11-12-21(27)28-13-20(26)23-18-9-7-17(8-10-18)22-15(2)24/h3-10H,11-13H2,1-2H3,(H,22,24)(H,23,26). The Morgan fingerprint density at radius 1 is 0.821 bits per heavy atom. The van der Waals surface area contributed by atoms with Gasteiger partial charge in [-0.2, -0.15) is 0 Å². The summed E-state index contributed by atoms with van der Waals surface area (Å²) in [6, 6.07) is 13.6. The van der Waals surface area contributed by atoms with Gasteiger partial charge in [0.25, 0.3) is 5.91 Å². The van der Waals surface area contributed by atoms with Crippen molar-refractivity contribution in [3.8, 4) is 0 Å². The Kier molecular flexibility index (Phi) is 7.45. The minimum atomic E-state index is -0.614. The van der Waals surface area contributed by atoms with Gasteiger partial charge in [0.1, 0.15) is 0 Å². The van der Waals surface area contributed by atoms with Crippen molar-refractivity contribution in [2.45, 2.75) is 26.7 Å². The number of anilines is 2. The summed E-state index contributed by atoms with van der Waals surface area (Å²) in [5.41, 5.74) is 2.70. The van der Waals surface area contributed by atoms with Crippen LogP contribution in [-0.2, 0) is 19.1 Å². The molecule has 2 rings (SSSR count). The van der Waals surface area contributed by atoms with E-state index in [1.165, 1.54) is 6.92 Å². The van der Waals surface area contributed by atoms with Crippen molar-refractivity contribution in [2.24, 2.45) is 0 Å². The fourth-order valence-corrected chi connectivity index (χ4v) is 2.35. The number of ether oxygens (including phenoxy) is 1. The topological polar surface area (TPSA) is 102 Å². The SMILES string of the molecule is CC(=O)Nc1ccc(NC(=O)COC(=O)CCC(=O)c2ccc(C)cc2)cc1. The Labute approximate surface area is 163 Å². The van der Waals surface area contributed by atoms with E-state index in [1.54, 1.807) is 36.4 Å². The van der Waals surface area contributed by atoms with Gasteiger partial charge in [-0.05, 0) is 31.2 Å². The molecule has 2 N–H and O–H groups in total. The van der Waals surface area contributed by atoms with Gasteiger partial charge < -0.3 is 15.4 Å². The maximum absolute atomic E-state index is 12.0. The van der Waals surface area contributed by atoms with Crippen molar-refractivity contribution < 1.29 is 23.9 Å². The van der Waals surface area contributed by atoms with Gasteiger partial charge >= 0.3 is 5.97 Å². The molecule has 0 saturated heterocycles. The third-order valence-corrected chi connectivity index (χ3v) is 3.78. The Balaban J connectivity index is 1.71. The van der Waals surface area contributed by atoms with Crippen molar-refractivity contribution in [2.75, 3.05) is 17.2 Å². The van der Waals surface area contributed by atoms with Gasteiger partial charge in [0.05, 0.1) is 6.42 Å². The maximum Gasteiger partial charge on any atom is 0.306 e. The molecule has 0 heterocycles. The zero-order chi connectivity index (χ0) is 20.5. The summed E-state index contributed by atoms with van der Waals surface area (Å²) >= 11 is 0. The molecule has 0 aliphatic rings. The first kappa shape index (κ1) is 20.8. The van der Waals surface area contributed by atoms with Crippen LogP contribution in [0.25, 0.3) is 0 Å². The molecule has 0 atom stereocenters. The minimum Gasteiger partial charge on any atom is -0.456 e. The molecule has 0 saturated carbocycles. The molecule has 0 aliphatic carbocycles. The van der Waals surface area contributed by atoms with E-state index in [0.717, 1.165) is 5.56 Å². The van der Waals surface area contributed by atoms with E-state index in [9.17, 15) is 19.2 Å². The molecule has 0 unspecified atom stereocenters. The number of carbonyl (C=O) groups is 4. The Morgan fingerprint density at radius 3 is 1.96 bits per heavy atom. The molecule has 2 amide bonds. The fraction of sp³-hybridized carbons (Fsp3) is 0.238. The summed E-state index contributed by atoms with van der Waals surface area (Å²) in [4.78, 5) is 46.6. The van der Waals surface area contributed by atoms with Crippen LogP contribution < -0.4 is 10.6 Å². The summed E-state index contributed by atoms with van der Waals surface area (Å²) in [6.45, 7) is 2.89. The molecule has 28 heavy (non-hydrogen) atoms. The molecule has 0 aromatic heterocycles. The van der Waals surface area contributed by atoms with E-state index in [-0.39, 0.29) is 24.5 Å². The predicted molar refractivity (Wildman–Crippen MR) is 105 cm³/mol. The van der Waals surface area contributed by atoms with Crippen molar-refractivity contribution in [3.63, 3.8) is 0 Å². The number of nitrogens with one attached hydrogen (secondary N) is 2. The maximum atomic E-state index is 12.0. The van der Waals surface area contributed by atoms with Crippen LogP contribution in [-0.4, -0.2) is 30.2 Å². The number of ketones is 1. The molecule has 7 heteroatoms. The molecule has 0 spiro atoms. The highest BCUT2D eigenvalue weighted by Gasteiger charge is 2.12. The molecule has 0 fully saturated rings. The first-order valence-electron chi connectivity index (χ1n) is 8.76. The highest BCUT2D eigenvalue weighted by molar-refractivity contribution is 5.98. The lowest BCUT2D eigenvalue weighted by Gasteiger charge is -2.08. The second kappa shape index (κ2) is 10.0. The molecule has 7 nitrogen and oxygen atoms in total. The Bertz CT molecular complexity index is 857. The number of amides is 2. The molecule has 2 aromatic carbocycles. The van der Waals surface area contributed by atoms with Gasteiger partial charge in [0.15, 0.2) is 12.4 Å². The van der Waals surface area contributed by atoms with E-state index >= 15 is 0 Å². The monoisotopic (exact) mass is 382 g/mol. The van der Waals surface area contributed by atoms with Crippen LogP contribution in [0.1, 0.15) is 35.7 Å². The molecular formula is C21H22N2O5. The van der Waals surface area contributed by atoms with E-state index in [4.69, 9.17) is 4.74 Å². The molecule has 2 aromatic rings.